The molecule has 1 atom stereocenters. The van der Waals surface area contributed by atoms with E-state index < -0.39 is 12.0 Å². The molecule has 1 heterocycles. The molecule has 94 valence electrons. The van der Waals surface area contributed by atoms with Crippen LogP contribution >= 0.6 is 0 Å². The van der Waals surface area contributed by atoms with E-state index in [-0.39, 0.29) is 6.42 Å². The third-order valence-corrected chi connectivity index (χ3v) is 2.74. The molecule has 1 aromatic heterocycles. The van der Waals surface area contributed by atoms with Crippen LogP contribution in [-0.4, -0.2) is 26.7 Å². The van der Waals surface area contributed by atoms with Crippen LogP contribution in [0.5, 0.6) is 0 Å². The largest absolute Gasteiger partial charge is 0.480 e. The molecule has 2 rings (SSSR count). The summed E-state index contributed by atoms with van der Waals surface area (Å²) in [6, 6.07) is 9.03. The van der Waals surface area contributed by atoms with Crippen LogP contribution in [0.15, 0.2) is 42.9 Å². The van der Waals surface area contributed by atoms with E-state index in [2.05, 4.69) is 4.98 Å². The second kappa shape index (κ2) is 5.46. The van der Waals surface area contributed by atoms with Crippen molar-refractivity contribution in [2.75, 3.05) is 0 Å². The predicted octanol–water partition coefficient (Wildman–Crippen LogP) is 0.886. The van der Waals surface area contributed by atoms with Crippen LogP contribution in [0.25, 0.3) is 0 Å². The lowest BCUT2D eigenvalue weighted by Gasteiger charge is -2.10. The molecule has 0 bridgehead atoms. The maximum Gasteiger partial charge on any atom is 0.320 e. The molecule has 0 fully saturated rings. The molecule has 18 heavy (non-hydrogen) atoms. The summed E-state index contributed by atoms with van der Waals surface area (Å²) in [6.07, 6.45) is 3.63. The SMILES string of the molecule is N[C@H](Cc1cncn1Cc1ccccc1)C(=O)O. The first-order chi connectivity index (χ1) is 8.66. The molecular formula is C13H15N3O2. The molecule has 1 aromatic carbocycles. The van der Waals surface area contributed by atoms with E-state index >= 15 is 0 Å². The zero-order valence-corrected chi connectivity index (χ0v) is 9.86. The van der Waals surface area contributed by atoms with E-state index in [1.165, 1.54) is 0 Å². The molecule has 0 radical (unpaired) electrons. The third kappa shape index (κ3) is 2.95. The third-order valence-electron chi connectivity index (χ3n) is 2.74. The summed E-state index contributed by atoms with van der Waals surface area (Å²) in [6.45, 7) is 0.669. The van der Waals surface area contributed by atoms with E-state index in [0.29, 0.717) is 6.54 Å². The number of nitrogens with two attached hydrogens (primary N) is 1. The highest BCUT2D eigenvalue weighted by Gasteiger charge is 2.14. The second-order valence-corrected chi connectivity index (χ2v) is 4.15. The van der Waals surface area contributed by atoms with E-state index in [1.807, 2.05) is 34.9 Å². The van der Waals surface area contributed by atoms with Gasteiger partial charge >= 0.3 is 5.97 Å². The second-order valence-electron chi connectivity index (χ2n) is 4.15. The summed E-state index contributed by atoms with van der Waals surface area (Å²) in [7, 11) is 0. The number of benzene rings is 1. The lowest BCUT2D eigenvalue weighted by atomic mass is 10.1. The molecule has 0 saturated carbocycles. The van der Waals surface area contributed by atoms with Gasteiger partial charge in [-0.3, -0.25) is 4.79 Å². The molecule has 0 spiro atoms. The van der Waals surface area contributed by atoms with Crippen molar-refractivity contribution in [2.45, 2.75) is 19.0 Å². The smallest absolute Gasteiger partial charge is 0.320 e. The molecule has 0 aliphatic carbocycles. The Bertz CT molecular complexity index is 522. The van der Waals surface area contributed by atoms with Crippen LogP contribution in [0.3, 0.4) is 0 Å². The number of nitrogens with zero attached hydrogens (tertiary/aromatic N) is 2. The summed E-state index contributed by atoms with van der Waals surface area (Å²) in [4.78, 5) is 14.8. The van der Waals surface area contributed by atoms with Gasteiger partial charge in [-0.25, -0.2) is 4.98 Å². The van der Waals surface area contributed by atoms with E-state index in [9.17, 15) is 4.79 Å². The van der Waals surface area contributed by atoms with Crippen molar-refractivity contribution in [2.24, 2.45) is 5.73 Å². The van der Waals surface area contributed by atoms with Gasteiger partial charge in [0.15, 0.2) is 0 Å². The highest BCUT2D eigenvalue weighted by atomic mass is 16.4. The maximum absolute atomic E-state index is 10.7. The predicted molar refractivity (Wildman–Crippen MR) is 67.1 cm³/mol. The molecule has 5 nitrogen and oxygen atoms in total. The lowest BCUT2D eigenvalue weighted by molar-refractivity contribution is -0.138. The monoisotopic (exact) mass is 245 g/mol. The van der Waals surface area contributed by atoms with Crippen molar-refractivity contribution >= 4 is 5.97 Å². The highest BCUT2D eigenvalue weighted by Crippen LogP contribution is 2.07. The molecular weight excluding hydrogens is 230 g/mol. The average molecular weight is 245 g/mol. The number of hydrogen-bond acceptors (Lipinski definition) is 3. The Morgan fingerprint density at radius 3 is 2.78 bits per heavy atom. The zero-order chi connectivity index (χ0) is 13.0. The van der Waals surface area contributed by atoms with Gasteiger partial charge in [0.2, 0.25) is 0 Å². The van der Waals surface area contributed by atoms with Gasteiger partial charge < -0.3 is 15.4 Å². The first kappa shape index (κ1) is 12.3. The van der Waals surface area contributed by atoms with Gasteiger partial charge in [-0.1, -0.05) is 30.3 Å². The topological polar surface area (TPSA) is 81.1 Å². The number of aromatic nitrogens is 2. The molecule has 5 heteroatoms. The number of rotatable bonds is 5. The van der Waals surface area contributed by atoms with Crippen LogP contribution in [0, 0.1) is 0 Å². The Morgan fingerprint density at radius 1 is 1.39 bits per heavy atom. The van der Waals surface area contributed by atoms with Crippen LogP contribution in [0.1, 0.15) is 11.3 Å². The average Bonchev–Trinajstić information content (AvgIpc) is 2.78. The first-order valence-electron chi connectivity index (χ1n) is 5.68. The molecule has 0 aliphatic rings. The normalized spacial score (nSPS) is 12.3. The number of hydrogen-bond donors (Lipinski definition) is 2. The molecule has 2 aromatic rings. The highest BCUT2D eigenvalue weighted by molar-refractivity contribution is 5.73. The fourth-order valence-electron chi connectivity index (χ4n) is 1.75. The summed E-state index contributed by atoms with van der Waals surface area (Å²) in [5, 5.41) is 8.81. The number of carboxylic acid groups (broad SMARTS) is 1. The summed E-state index contributed by atoms with van der Waals surface area (Å²) < 4.78 is 1.91. The van der Waals surface area contributed by atoms with Crippen LogP contribution in [0.2, 0.25) is 0 Å². The maximum atomic E-state index is 10.7. The molecule has 0 saturated heterocycles. The molecule has 0 amide bonds. The zero-order valence-electron chi connectivity index (χ0n) is 9.86. The van der Waals surface area contributed by atoms with Crippen LogP contribution in [-0.2, 0) is 17.8 Å². The van der Waals surface area contributed by atoms with Crippen molar-refractivity contribution in [1.29, 1.82) is 0 Å². The van der Waals surface area contributed by atoms with Gasteiger partial charge in [-0.05, 0) is 5.56 Å². The number of aliphatic carboxylic acids is 1. The number of carbonyl (C=O) groups is 1. The quantitative estimate of drug-likeness (QED) is 0.819. The molecule has 0 aliphatic heterocycles. The van der Waals surface area contributed by atoms with Crippen LogP contribution in [0.4, 0.5) is 0 Å². The van der Waals surface area contributed by atoms with Gasteiger partial charge in [-0.15, -0.1) is 0 Å². The number of carboxylic acids is 1. The van der Waals surface area contributed by atoms with Crippen molar-refractivity contribution in [3.8, 4) is 0 Å². The minimum Gasteiger partial charge on any atom is -0.480 e. The van der Waals surface area contributed by atoms with Crippen molar-refractivity contribution in [3.05, 3.63) is 54.1 Å². The van der Waals surface area contributed by atoms with Crippen LogP contribution < -0.4 is 5.73 Å². The van der Waals surface area contributed by atoms with Gasteiger partial charge in [-0.2, -0.15) is 0 Å². The Labute approximate surface area is 105 Å². The van der Waals surface area contributed by atoms with Gasteiger partial charge in [0.25, 0.3) is 0 Å². The van der Waals surface area contributed by atoms with E-state index in [4.69, 9.17) is 10.8 Å². The fraction of sp³-hybridized carbons (Fsp3) is 0.231. The summed E-state index contributed by atoms with van der Waals surface area (Å²) >= 11 is 0. The summed E-state index contributed by atoms with van der Waals surface area (Å²) in [5.41, 5.74) is 7.50. The standard InChI is InChI=1S/C13H15N3O2/c14-12(13(17)18)6-11-7-15-9-16(11)8-10-4-2-1-3-5-10/h1-5,7,9,12H,6,8,14H2,(H,17,18)/t12-/m1/s1. The van der Waals surface area contributed by atoms with Crippen molar-refractivity contribution in [1.82, 2.24) is 9.55 Å². The Morgan fingerprint density at radius 2 is 2.11 bits per heavy atom. The Hall–Kier alpha value is -2.14. The molecule has 3 N–H and O–H groups in total. The van der Waals surface area contributed by atoms with Gasteiger partial charge in [0.05, 0.1) is 6.33 Å². The van der Waals surface area contributed by atoms with Crippen molar-refractivity contribution in [3.63, 3.8) is 0 Å². The Kier molecular flexibility index (Phi) is 3.74. The summed E-state index contributed by atoms with van der Waals surface area (Å²) in [5.74, 6) is -0.998. The minimum absolute atomic E-state index is 0.280. The lowest BCUT2D eigenvalue weighted by Crippen LogP contribution is -2.33. The van der Waals surface area contributed by atoms with Gasteiger partial charge in [0, 0.05) is 24.9 Å². The van der Waals surface area contributed by atoms with E-state index in [1.54, 1.807) is 12.5 Å². The Balaban J connectivity index is 2.11. The number of imidazole rings is 1. The van der Waals surface area contributed by atoms with E-state index in [0.717, 1.165) is 11.3 Å². The first-order valence-corrected chi connectivity index (χ1v) is 5.68. The van der Waals surface area contributed by atoms with Gasteiger partial charge in [0.1, 0.15) is 6.04 Å². The van der Waals surface area contributed by atoms with Crippen molar-refractivity contribution < 1.29 is 9.90 Å². The fourth-order valence-corrected chi connectivity index (χ4v) is 1.75. The minimum atomic E-state index is -0.998. The molecule has 0 unspecified atom stereocenters.